The molecule has 0 aromatic carbocycles. The molecule has 0 spiro atoms. The highest BCUT2D eigenvalue weighted by atomic mass is 15.3. The molecule has 0 aromatic rings. The fraction of sp³-hybridized carbons (Fsp3) is 1.00. The monoisotopic (exact) mass is 169 g/mol. The van der Waals surface area contributed by atoms with Crippen LogP contribution in [0.2, 0.25) is 0 Å². The summed E-state index contributed by atoms with van der Waals surface area (Å²) in [6.07, 6.45) is 8.51. The fourth-order valence-electron chi connectivity index (χ4n) is 2.63. The first-order valence-electron chi connectivity index (χ1n) is 5.12. The van der Waals surface area contributed by atoms with E-state index in [0.717, 1.165) is 12.0 Å². The molecule has 1 saturated carbocycles. The number of rotatable bonds is 1. The van der Waals surface area contributed by atoms with E-state index in [2.05, 4.69) is 10.7 Å². The van der Waals surface area contributed by atoms with Gasteiger partial charge in [-0.3, -0.25) is 11.2 Å². The Balaban J connectivity index is 1.90. The first kappa shape index (κ1) is 8.48. The van der Waals surface area contributed by atoms with Gasteiger partial charge in [0, 0.05) is 6.04 Å². The third-order valence-corrected chi connectivity index (χ3v) is 3.35. The number of hydrazine groups is 1. The number of fused-ring (bicyclic) bond motifs is 1. The summed E-state index contributed by atoms with van der Waals surface area (Å²) in [5.41, 5.74) is 2.83. The second-order valence-corrected chi connectivity index (χ2v) is 4.11. The molecular weight excluding hydrogens is 150 g/mol. The van der Waals surface area contributed by atoms with E-state index >= 15 is 0 Å². The molecule has 0 radical (unpaired) electrons. The Morgan fingerprint density at radius 2 is 1.92 bits per heavy atom. The minimum Gasteiger partial charge on any atom is -0.298 e. The van der Waals surface area contributed by atoms with Crippen LogP contribution in [0.25, 0.3) is 0 Å². The zero-order chi connectivity index (χ0) is 8.39. The molecule has 1 aliphatic carbocycles. The van der Waals surface area contributed by atoms with Crippen LogP contribution in [0.15, 0.2) is 0 Å². The maximum atomic E-state index is 5.41. The van der Waals surface area contributed by atoms with Crippen molar-refractivity contribution in [1.29, 1.82) is 0 Å². The molecule has 12 heavy (non-hydrogen) atoms. The molecule has 2 aliphatic rings. The summed E-state index contributed by atoms with van der Waals surface area (Å²) in [6, 6.07) is 0.744. The van der Waals surface area contributed by atoms with E-state index in [1.807, 2.05) is 0 Å². The lowest BCUT2D eigenvalue weighted by Crippen LogP contribution is -2.56. The predicted octanol–water partition coefficient (Wildman–Crippen LogP) is 0.718. The van der Waals surface area contributed by atoms with E-state index in [0.29, 0.717) is 6.17 Å². The zero-order valence-corrected chi connectivity index (χ0v) is 7.55. The van der Waals surface area contributed by atoms with Crippen molar-refractivity contribution in [1.82, 2.24) is 10.7 Å². The summed E-state index contributed by atoms with van der Waals surface area (Å²) < 4.78 is 0. The average molecular weight is 169 g/mol. The molecule has 2 fully saturated rings. The molecule has 0 bridgehead atoms. The number of hydrogen-bond donors (Lipinski definition) is 3. The highest BCUT2D eigenvalue weighted by Gasteiger charge is 2.30. The summed E-state index contributed by atoms with van der Waals surface area (Å²) >= 11 is 0. The molecule has 1 saturated heterocycles. The number of nitrogens with one attached hydrogen (secondary N) is 2. The van der Waals surface area contributed by atoms with Crippen LogP contribution < -0.4 is 16.6 Å². The molecule has 70 valence electrons. The summed E-state index contributed by atoms with van der Waals surface area (Å²) in [6.45, 7) is 0. The topological polar surface area (TPSA) is 50.1 Å². The van der Waals surface area contributed by atoms with Crippen molar-refractivity contribution in [2.45, 2.75) is 50.7 Å². The first-order chi connectivity index (χ1) is 5.90. The average Bonchev–Trinajstić information content (AvgIpc) is 2.17. The summed E-state index contributed by atoms with van der Waals surface area (Å²) in [5, 5.41) is 3.57. The summed E-state index contributed by atoms with van der Waals surface area (Å²) in [7, 11) is 0. The van der Waals surface area contributed by atoms with E-state index in [4.69, 9.17) is 5.84 Å². The van der Waals surface area contributed by atoms with E-state index < -0.39 is 0 Å². The molecule has 0 amide bonds. The van der Waals surface area contributed by atoms with Gasteiger partial charge in [-0.1, -0.05) is 12.8 Å². The smallest absolute Gasteiger partial charge is 0.0703 e. The van der Waals surface area contributed by atoms with Gasteiger partial charge in [0.05, 0.1) is 6.17 Å². The van der Waals surface area contributed by atoms with E-state index in [9.17, 15) is 0 Å². The van der Waals surface area contributed by atoms with Crippen LogP contribution in [0.1, 0.15) is 38.5 Å². The first-order valence-corrected chi connectivity index (χ1v) is 5.12. The SMILES string of the molecule is NNC1CCC2CCCCC2N1. The van der Waals surface area contributed by atoms with Gasteiger partial charge < -0.3 is 0 Å². The molecular formula is C9H19N3. The molecule has 0 aromatic heterocycles. The molecule has 1 heterocycles. The molecule has 3 heteroatoms. The van der Waals surface area contributed by atoms with Gasteiger partial charge >= 0.3 is 0 Å². The molecule has 1 aliphatic heterocycles. The van der Waals surface area contributed by atoms with Crippen molar-refractivity contribution in [3.05, 3.63) is 0 Å². The van der Waals surface area contributed by atoms with Crippen LogP contribution in [-0.4, -0.2) is 12.2 Å². The van der Waals surface area contributed by atoms with Crippen LogP contribution in [0.3, 0.4) is 0 Å². The van der Waals surface area contributed by atoms with Crippen LogP contribution in [0, 0.1) is 5.92 Å². The number of piperidine rings is 1. The quantitative estimate of drug-likeness (QED) is 0.400. The van der Waals surface area contributed by atoms with Gasteiger partial charge in [-0.25, -0.2) is 5.43 Å². The van der Waals surface area contributed by atoms with Gasteiger partial charge in [-0.2, -0.15) is 0 Å². The lowest BCUT2D eigenvalue weighted by Gasteiger charge is -2.40. The Morgan fingerprint density at radius 1 is 1.08 bits per heavy atom. The van der Waals surface area contributed by atoms with Crippen LogP contribution in [-0.2, 0) is 0 Å². The Hall–Kier alpha value is -0.120. The fourth-order valence-corrected chi connectivity index (χ4v) is 2.63. The summed E-state index contributed by atoms with van der Waals surface area (Å²) in [5.74, 6) is 6.35. The van der Waals surface area contributed by atoms with E-state index in [-0.39, 0.29) is 0 Å². The Labute approximate surface area is 74.1 Å². The van der Waals surface area contributed by atoms with Crippen molar-refractivity contribution in [3.8, 4) is 0 Å². The maximum absolute atomic E-state index is 5.41. The van der Waals surface area contributed by atoms with Gasteiger partial charge in [-0.05, 0) is 31.6 Å². The van der Waals surface area contributed by atoms with Crippen LogP contribution in [0.5, 0.6) is 0 Å². The number of hydrogen-bond acceptors (Lipinski definition) is 3. The van der Waals surface area contributed by atoms with Crippen molar-refractivity contribution in [3.63, 3.8) is 0 Å². The van der Waals surface area contributed by atoms with E-state index in [1.165, 1.54) is 38.5 Å². The number of nitrogens with two attached hydrogens (primary N) is 1. The molecule has 4 N–H and O–H groups in total. The lowest BCUT2D eigenvalue weighted by molar-refractivity contribution is 0.161. The third kappa shape index (κ3) is 1.63. The standard InChI is InChI=1S/C9H19N3/c10-12-9-6-5-7-3-1-2-4-8(7)11-9/h7-9,11-12H,1-6,10H2. The van der Waals surface area contributed by atoms with Crippen molar-refractivity contribution >= 4 is 0 Å². The van der Waals surface area contributed by atoms with Gasteiger partial charge in [0.15, 0.2) is 0 Å². The van der Waals surface area contributed by atoms with Crippen molar-refractivity contribution in [2.75, 3.05) is 0 Å². The van der Waals surface area contributed by atoms with Crippen LogP contribution in [0.4, 0.5) is 0 Å². The van der Waals surface area contributed by atoms with Crippen molar-refractivity contribution in [2.24, 2.45) is 11.8 Å². The predicted molar refractivity (Wildman–Crippen MR) is 49.2 cm³/mol. The minimum absolute atomic E-state index is 0.365. The second kappa shape index (κ2) is 3.73. The van der Waals surface area contributed by atoms with Gasteiger partial charge in [0.2, 0.25) is 0 Å². The molecule has 2 rings (SSSR count). The summed E-state index contributed by atoms with van der Waals surface area (Å²) in [4.78, 5) is 0. The Bertz CT molecular complexity index is 149. The zero-order valence-electron chi connectivity index (χ0n) is 7.55. The Morgan fingerprint density at radius 3 is 2.75 bits per heavy atom. The highest BCUT2D eigenvalue weighted by molar-refractivity contribution is 4.87. The van der Waals surface area contributed by atoms with Gasteiger partial charge in [-0.15, -0.1) is 0 Å². The molecule has 3 nitrogen and oxygen atoms in total. The third-order valence-electron chi connectivity index (χ3n) is 3.35. The largest absolute Gasteiger partial charge is 0.298 e. The highest BCUT2D eigenvalue weighted by Crippen LogP contribution is 2.31. The second-order valence-electron chi connectivity index (χ2n) is 4.11. The Kier molecular flexibility index (Phi) is 2.63. The molecule has 3 atom stereocenters. The van der Waals surface area contributed by atoms with Gasteiger partial charge in [0.25, 0.3) is 0 Å². The molecule has 3 unspecified atom stereocenters. The van der Waals surface area contributed by atoms with Gasteiger partial charge in [0.1, 0.15) is 0 Å². The maximum Gasteiger partial charge on any atom is 0.0703 e. The van der Waals surface area contributed by atoms with Crippen molar-refractivity contribution < 1.29 is 0 Å². The van der Waals surface area contributed by atoms with E-state index in [1.54, 1.807) is 0 Å². The minimum atomic E-state index is 0.365. The lowest BCUT2D eigenvalue weighted by atomic mass is 9.79. The normalized spacial score (nSPS) is 42.2. The van der Waals surface area contributed by atoms with Crippen LogP contribution >= 0.6 is 0 Å².